The number of nitriles is 2. The highest BCUT2D eigenvalue weighted by Crippen LogP contribution is 2.52. The minimum absolute atomic E-state index is 0.0365. The van der Waals surface area contributed by atoms with Gasteiger partial charge in [0, 0.05) is 118 Å². The van der Waals surface area contributed by atoms with Crippen LogP contribution in [-0.4, -0.2) is 136 Å². The summed E-state index contributed by atoms with van der Waals surface area (Å²) in [7, 11) is 0. The van der Waals surface area contributed by atoms with Crippen molar-refractivity contribution in [1.82, 2.24) is 19.8 Å². The minimum Gasteiger partial charge on any atom is -0.486 e. The maximum Gasteiger partial charge on any atom is 0.259 e. The standard InChI is InChI=1S/C60H64N10O6/c1-4-9-48(49-20-22-51(57-55(49)73-34-36-75-57)67-30-26-65(27-31-67)42(2)40-69(53-10-5-7-24-63-53)59(71)46-16-12-44(38-61)13-17-46)50-21-23-52(58-56(50)74-35-37-76-58)68-32-28-66(29-33-68)43(3)41-70(54-11-6-8-25-64-54)60(72)47-18-14-45(39-62)15-19-47/h5-8,10-25,42-43,48H,4,9,26-37,40-41H2,1-3H3/t42-,43?,48?/m0/s1. The van der Waals surface area contributed by atoms with Gasteiger partial charge in [-0.2, -0.15) is 10.5 Å². The summed E-state index contributed by atoms with van der Waals surface area (Å²) >= 11 is 0. The highest BCUT2D eigenvalue weighted by atomic mass is 16.6. The number of hydrogen-bond acceptors (Lipinski definition) is 14. The monoisotopic (exact) mass is 1020 g/mol. The Bertz CT molecular complexity index is 2860. The predicted octanol–water partition coefficient (Wildman–Crippen LogP) is 8.41. The number of carbonyl (C=O) groups excluding carboxylic acids is 2. The molecule has 2 fully saturated rings. The molecule has 2 saturated heterocycles. The first-order valence-corrected chi connectivity index (χ1v) is 26.5. The van der Waals surface area contributed by atoms with Crippen LogP contribution in [0.3, 0.4) is 0 Å². The van der Waals surface area contributed by atoms with Gasteiger partial charge in [0.2, 0.25) is 0 Å². The Morgan fingerprint density at radius 3 is 1.29 bits per heavy atom. The van der Waals surface area contributed by atoms with E-state index in [1.807, 2.05) is 36.4 Å². The van der Waals surface area contributed by atoms with Gasteiger partial charge in [-0.05, 0) is 105 Å². The number of amides is 2. The van der Waals surface area contributed by atoms with Crippen LogP contribution in [0.15, 0.2) is 122 Å². The van der Waals surface area contributed by atoms with Crippen molar-refractivity contribution < 1.29 is 28.5 Å². The maximum absolute atomic E-state index is 14.0. The van der Waals surface area contributed by atoms with Crippen LogP contribution < -0.4 is 38.5 Å². The number of rotatable bonds is 16. The molecule has 4 aliphatic rings. The lowest BCUT2D eigenvalue weighted by atomic mass is 9.85. The van der Waals surface area contributed by atoms with Crippen molar-refractivity contribution in [3.63, 3.8) is 0 Å². The molecule has 0 N–H and O–H groups in total. The van der Waals surface area contributed by atoms with Crippen LogP contribution in [0.25, 0.3) is 0 Å². The molecule has 10 rings (SSSR count). The van der Waals surface area contributed by atoms with Crippen molar-refractivity contribution in [3.05, 3.63) is 155 Å². The summed E-state index contributed by atoms with van der Waals surface area (Å²) in [6, 6.07) is 37.8. The highest BCUT2D eigenvalue weighted by Gasteiger charge is 2.35. The molecule has 390 valence electrons. The van der Waals surface area contributed by atoms with Crippen LogP contribution in [0.2, 0.25) is 0 Å². The number of fused-ring (bicyclic) bond motifs is 2. The van der Waals surface area contributed by atoms with Crippen LogP contribution in [0.5, 0.6) is 23.0 Å². The number of piperazine rings is 2. The highest BCUT2D eigenvalue weighted by molar-refractivity contribution is 6.06. The Morgan fingerprint density at radius 1 is 0.539 bits per heavy atom. The zero-order valence-electron chi connectivity index (χ0n) is 43.5. The molecule has 6 aromatic rings. The lowest BCUT2D eigenvalue weighted by Gasteiger charge is -2.41. The normalized spacial score (nSPS) is 16.6. The summed E-state index contributed by atoms with van der Waals surface area (Å²) in [5.41, 5.74) is 6.19. The van der Waals surface area contributed by atoms with Gasteiger partial charge < -0.3 is 28.7 Å². The van der Waals surface area contributed by atoms with E-state index >= 15 is 0 Å². The van der Waals surface area contributed by atoms with E-state index in [0.717, 1.165) is 111 Å². The average Bonchev–Trinajstić information content (AvgIpc) is 3.56. The lowest BCUT2D eigenvalue weighted by Crippen LogP contribution is -2.53. The summed E-state index contributed by atoms with van der Waals surface area (Å²) in [4.78, 5) is 50.1. The van der Waals surface area contributed by atoms with Gasteiger partial charge in [0.15, 0.2) is 23.0 Å². The second-order valence-electron chi connectivity index (χ2n) is 19.7. The fraction of sp³-hybridized carbons (Fsp3) is 0.367. The molecule has 76 heavy (non-hydrogen) atoms. The average molecular weight is 1020 g/mol. The van der Waals surface area contributed by atoms with E-state index in [1.165, 1.54) is 0 Å². The van der Waals surface area contributed by atoms with Crippen LogP contribution in [0.1, 0.15) is 82.5 Å². The van der Waals surface area contributed by atoms with Gasteiger partial charge in [-0.15, -0.1) is 0 Å². The van der Waals surface area contributed by atoms with Crippen LogP contribution in [0.4, 0.5) is 23.0 Å². The summed E-state index contributed by atoms with van der Waals surface area (Å²) in [6.07, 6.45) is 5.21. The minimum atomic E-state index is -0.158. The lowest BCUT2D eigenvalue weighted by molar-refractivity contribution is 0.0966. The summed E-state index contributed by atoms with van der Waals surface area (Å²) in [5.74, 6) is 3.93. The number of aromatic nitrogens is 2. The molecule has 16 nitrogen and oxygen atoms in total. The van der Waals surface area contributed by atoms with Crippen molar-refractivity contribution in [3.8, 4) is 35.1 Å². The number of carbonyl (C=O) groups is 2. The van der Waals surface area contributed by atoms with Crippen molar-refractivity contribution in [2.45, 2.75) is 51.6 Å². The van der Waals surface area contributed by atoms with Crippen molar-refractivity contribution >= 4 is 34.8 Å². The first-order valence-electron chi connectivity index (χ1n) is 26.5. The molecule has 16 heteroatoms. The molecule has 2 amide bonds. The smallest absolute Gasteiger partial charge is 0.259 e. The van der Waals surface area contributed by atoms with Crippen molar-refractivity contribution in [2.75, 3.05) is 111 Å². The maximum atomic E-state index is 14.0. The van der Waals surface area contributed by atoms with E-state index in [0.29, 0.717) is 73.4 Å². The molecular formula is C60H64N10O6. The van der Waals surface area contributed by atoms with Crippen molar-refractivity contribution in [1.29, 1.82) is 10.5 Å². The fourth-order valence-corrected chi connectivity index (χ4v) is 10.9. The molecule has 2 unspecified atom stereocenters. The topological polar surface area (TPSA) is 164 Å². The molecule has 4 aliphatic heterocycles. The molecular weight excluding hydrogens is 957 g/mol. The fourth-order valence-electron chi connectivity index (χ4n) is 10.9. The molecule has 4 aromatic carbocycles. The summed E-state index contributed by atoms with van der Waals surface area (Å²) in [5, 5.41) is 18.7. The van der Waals surface area contributed by atoms with Gasteiger partial charge in [0.1, 0.15) is 38.1 Å². The van der Waals surface area contributed by atoms with Gasteiger partial charge in [-0.1, -0.05) is 37.6 Å². The SMILES string of the molecule is CCCC(c1ccc(N2CCN(C(C)CN(C(=O)c3ccc(C#N)cc3)c3ccccn3)CC2)c2c1OCCO2)c1ccc(N2CCN([C@@H](C)CN(C(=O)c3ccc(C#N)cc3)c3ccccn3)CC2)c2c1OCCO2. The second-order valence-corrected chi connectivity index (χ2v) is 19.7. The van der Waals surface area contributed by atoms with E-state index in [4.69, 9.17) is 18.9 Å². The Kier molecular flexibility index (Phi) is 15.9. The molecule has 0 aliphatic carbocycles. The van der Waals surface area contributed by atoms with E-state index in [-0.39, 0.29) is 29.8 Å². The quantitative estimate of drug-likeness (QED) is 0.0908. The molecule has 6 heterocycles. The number of ether oxygens (including phenoxy) is 4. The van der Waals surface area contributed by atoms with Crippen LogP contribution >= 0.6 is 0 Å². The number of hydrogen-bond donors (Lipinski definition) is 0. The zero-order valence-corrected chi connectivity index (χ0v) is 43.5. The Balaban J connectivity index is 0.827. The summed E-state index contributed by atoms with van der Waals surface area (Å²) in [6.45, 7) is 15.5. The number of pyridine rings is 2. The van der Waals surface area contributed by atoms with Crippen molar-refractivity contribution in [2.24, 2.45) is 0 Å². The van der Waals surface area contributed by atoms with Gasteiger partial charge in [0.25, 0.3) is 11.8 Å². The molecule has 3 atom stereocenters. The van der Waals surface area contributed by atoms with E-state index < -0.39 is 0 Å². The second kappa shape index (κ2) is 23.6. The van der Waals surface area contributed by atoms with Gasteiger partial charge >= 0.3 is 0 Å². The third-order valence-electron chi connectivity index (χ3n) is 15.0. The van der Waals surface area contributed by atoms with Crippen LogP contribution in [-0.2, 0) is 0 Å². The zero-order chi connectivity index (χ0) is 52.5. The molecule has 2 aromatic heterocycles. The van der Waals surface area contributed by atoms with E-state index in [2.05, 4.69) is 86.7 Å². The van der Waals surface area contributed by atoms with Crippen LogP contribution in [0, 0.1) is 22.7 Å². The third-order valence-corrected chi connectivity index (χ3v) is 15.0. The largest absolute Gasteiger partial charge is 0.486 e. The molecule has 0 spiro atoms. The Hall–Kier alpha value is -8.18. The Labute approximate surface area is 445 Å². The Morgan fingerprint density at radius 2 is 0.934 bits per heavy atom. The third kappa shape index (κ3) is 11.0. The molecule has 0 radical (unpaired) electrons. The predicted molar refractivity (Wildman–Crippen MR) is 292 cm³/mol. The first-order chi connectivity index (χ1) is 37.2. The summed E-state index contributed by atoms with van der Waals surface area (Å²) < 4.78 is 26.3. The number of benzene rings is 4. The number of anilines is 4. The van der Waals surface area contributed by atoms with E-state index in [1.54, 1.807) is 70.7 Å². The van der Waals surface area contributed by atoms with Gasteiger partial charge in [0.05, 0.1) is 34.6 Å². The number of nitrogens with zero attached hydrogens (tertiary/aromatic N) is 10. The molecule has 0 saturated carbocycles. The molecule has 0 bridgehead atoms. The van der Waals surface area contributed by atoms with Gasteiger partial charge in [-0.3, -0.25) is 29.2 Å². The van der Waals surface area contributed by atoms with Gasteiger partial charge in [-0.25, -0.2) is 9.97 Å². The first kappa shape index (κ1) is 51.3. The van der Waals surface area contributed by atoms with E-state index in [9.17, 15) is 20.1 Å².